The second-order valence-electron chi connectivity index (χ2n) is 4.80. The van der Waals surface area contributed by atoms with Gasteiger partial charge >= 0.3 is 0 Å². The van der Waals surface area contributed by atoms with Crippen LogP contribution in [0.4, 0.5) is 0 Å². The molecular formula is C18H13ClO2. The van der Waals surface area contributed by atoms with E-state index in [2.05, 4.69) is 0 Å². The lowest BCUT2D eigenvalue weighted by molar-refractivity contribution is 0.660. The minimum atomic E-state index is -0.00104. The lowest BCUT2D eigenvalue weighted by atomic mass is 10.1. The Morgan fingerprint density at radius 2 is 1.86 bits per heavy atom. The minimum Gasteiger partial charge on any atom is -0.456 e. The van der Waals surface area contributed by atoms with Gasteiger partial charge in [-0.1, -0.05) is 42.0 Å². The molecule has 0 atom stereocenters. The molecule has 0 aliphatic carbocycles. The van der Waals surface area contributed by atoms with Crippen molar-refractivity contribution in [1.82, 2.24) is 0 Å². The Labute approximate surface area is 127 Å². The summed E-state index contributed by atoms with van der Waals surface area (Å²) >= 11 is 5.78. The highest BCUT2D eigenvalue weighted by atomic mass is 35.5. The van der Waals surface area contributed by atoms with Crippen LogP contribution in [0, 0.1) is 0 Å². The van der Waals surface area contributed by atoms with E-state index in [4.69, 9.17) is 16.0 Å². The molecule has 3 aromatic rings. The summed E-state index contributed by atoms with van der Waals surface area (Å²) in [5.41, 5.74) is 2.15. The molecule has 0 radical (unpaired) electrons. The molecular weight excluding hydrogens is 284 g/mol. The molecule has 0 bridgehead atoms. The van der Waals surface area contributed by atoms with Gasteiger partial charge in [0, 0.05) is 5.03 Å². The molecule has 104 valence electrons. The highest BCUT2D eigenvalue weighted by molar-refractivity contribution is 6.29. The number of hydrogen-bond donors (Lipinski definition) is 0. The quantitative estimate of drug-likeness (QED) is 0.486. The van der Waals surface area contributed by atoms with Crippen LogP contribution in [-0.2, 0) is 0 Å². The topological polar surface area (TPSA) is 30.2 Å². The summed E-state index contributed by atoms with van der Waals surface area (Å²) in [6, 6.07) is 12.8. The van der Waals surface area contributed by atoms with E-state index >= 15 is 0 Å². The van der Waals surface area contributed by atoms with Crippen LogP contribution < -0.4 is 5.43 Å². The molecule has 0 spiro atoms. The van der Waals surface area contributed by atoms with Gasteiger partial charge in [-0.25, -0.2) is 0 Å². The summed E-state index contributed by atoms with van der Waals surface area (Å²) in [6.45, 7) is 1.82. The molecule has 1 aromatic heterocycles. The Morgan fingerprint density at radius 3 is 2.67 bits per heavy atom. The van der Waals surface area contributed by atoms with Crippen LogP contribution in [0.15, 0.2) is 68.9 Å². The smallest absolute Gasteiger partial charge is 0.200 e. The van der Waals surface area contributed by atoms with Crippen molar-refractivity contribution in [3.05, 3.63) is 75.4 Å². The number of para-hydroxylation sites is 1. The van der Waals surface area contributed by atoms with E-state index in [-0.39, 0.29) is 5.43 Å². The molecule has 2 aromatic carbocycles. The zero-order valence-electron chi connectivity index (χ0n) is 11.5. The fraction of sp³-hybridized carbons (Fsp3) is 0.0556. The van der Waals surface area contributed by atoms with Gasteiger partial charge in [-0.05, 0) is 42.8 Å². The van der Waals surface area contributed by atoms with Crippen LogP contribution in [0.1, 0.15) is 12.5 Å². The second-order valence-corrected chi connectivity index (χ2v) is 5.39. The maximum Gasteiger partial charge on any atom is 0.200 e. The molecule has 2 nitrogen and oxygen atoms in total. The third kappa shape index (κ3) is 2.76. The first-order valence-electron chi connectivity index (χ1n) is 6.61. The van der Waals surface area contributed by atoms with Crippen molar-refractivity contribution in [1.29, 1.82) is 0 Å². The molecule has 0 N–H and O–H groups in total. The number of halogens is 1. The van der Waals surface area contributed by atoms with Crippen LogP contribution in [0.2, 0.25) is 0 Å². The number of fused-ring (bicyclic) bond motifs is 2. The fourth-order valence-electron chi connectivity index (χ4n) is 2.21. The van der Waals surface area contributed by atoms with E-state index in [1.165, 1.54) is 0 Å². The van der Waals surface area contributed by atoms with Gasteiger partial charge in [-0.2, -0.15) is 0 Å². The second kappa shape index (κ2) is 5.58. The summed E-state index contributed by atoms with van der Waals surface area (Å²) in [4.78, 5) is 12.4. The molecule has 3 rings (SSSR count). The molecule has 0 aliphatic rings. The Hall–Kier alpha value is -2.32. The molecule has 21 heavy (non-hydrogen) atoms. The number of benzene rings is 2. The Morgan fingerprint density at radius 1 is 1.10 bits per heavy atom. The van der Waals surface area contributed by atoms with Crippen LogP contribution >= 0.6 is 11.6 Å². The lowest BCUT2D eigenvalue weighted by Crippen LogP contribution is -2.01. The summed E-state index contributed by atoms with van der Waals surface area (Å²) in [5, 5.41) is 1.91. The van der Waals surface area contributed by atoms with Crippen LogP contribution in [0.5, 0.6) is 0 Å². The molecule has 0 saturated heterocycles. The third-order valence-corrected chi connectivity index (χ3v) is 3.34. The maximum atomic E-state index is 12.4. The van der Waals surface area contributed by atoms with E-state index in [1.54, 1.807) is 18.2 Å². The highest BCUT2D eigenvalue weighted by Crippen LogP contribution is 2.20. The largest absolute Gasteiger partial charge is 0.456 e. The molecule has 3 heteroatoms. The van der Waals surface area contributed by atoms with Crippen molar-refractivity contribution >= 4 is 39.6 Å². The standard InChI is InChI=1S/C18H13ClO2/c1-12(19)5-4-6-13-9-10-15-17(11-13)21-16-8-3-2-7-14(16)18(15)20/h2-11H,1H3/b6-4-,12-5+. The van der Waals surface area contributed by atoms with Gasteiger partial charge in [0.05, 0.1) is 10.8 Å². The molecule has 0 fully saturated rings. The van der Waals surface area contributed by atoms with Gasteiger partial charge in [0.2, 0.25) is 5.43 Å². The van der Waals surface area contributed by atoms with Gasteiger partial charge in [0.15, 0.2) is 0 Å². The Bertz CT molecular complexity index is 929. The summed E-state index contributed by atoms with van der Waals surface area (Å²) < 4.78 is 5.82. The first-order chi connectivity index (χ1) is 10.1. The summed E-state index contributed by atoms with van der Waals surface area (Å²) in [5.74, 6) is 0. The van der Waals surface area contributed by atoms with Crippen LogP contribution in [0.3, 0.4) is 0 Å². The van der Waals surface area contributed by atoms with Gasteiger partial charge in [0.25, 0.3) is 0 Å². The average molecular weight is 297 g/mol. The van der Waals surface area contributed by atoms with Crippen molar-refractivity contribution in [2.75, 3.05) is 0 Å². The lowest BCUT2D eigenvalue weighted by Gasteiger charge is -2.02. The maximum absolute atomic E-state index is 12.4. The normalized spacial score (nSPS) is 12.6. The predicted octanol–water partition coefficient (Wildman–Crippen LogP) is 5.10. The minimum absolute atomic E-state index is 0.00104. The average Bonchev–Trinajstić information content (AvgIpc) is 2.47. The fourth-order valence-corrected chi connectivity index (χ4v) is 2.29. The molecule has 0 amide bonds. The summed E-state index contributed by atoms with van der Waals surface area (Å²) in [6.07, 6.45) is 5.59. The van der Waals surface area contributed by atoms with E-state index in [9.17, 15) is 4.79 Å². The highest BCUT2D eigenvalue weighted by Gasteiger charge is 2.06. The Kier molecular flexibility index (Phi) is 3.63. The monoisotopic (exact) mass is 296 g/mol. The third-order valence-electron chi connectivity index (χ3n) is 3.22. The first kappa shape index (κ1) is 13.7. The number of rotatable bonds is 2. The SMILES string of the molecule is C/C(Cl)=C\C=C/c1ccc2c(=O)c3ccccc3oc2c1. The predicted molar refractivity (Wildman–Crippen MR) is 88.6 cm³/mol. The van der Waals surface area contributed by atoms with Gasteiger partial charge in [-0.3, -0.25) is 4.79 Å². The van der Waals surface area contributed by atoms with E-state index in [0.717, 1.165) is 5.56 Å². The van der Waals surface area contributed by atoms with Gasteiger partial charge < -0.3 is 4.42 Å². The zero-order valence-corrected chi connectivity index (χ0v) is 12.2. The first-order valence-corrected chi connectivity index (χ1v) is 6.99. The van der Waals surface area contributed by atoms with Crippen molar-refractivity contribution < 1.29 is 4.42 Å². The summed E-state index contributed by atoms with van der Waals surface area (Å²) in [7, 11) is 0. The molecule has 0 unspecified atom stereocenters. The van der Waals surface area contributed by atoms with Gasteiger partial charge in [-0.15, -0.1) is 0 Å². The van der Waals surface area contributed by atoms with E-state index in [1.807, 2.05) is 49.4 Å². The van der Waals surface area contributed by atoms with Crippen molar-refractivity contribution in [3.8, 4) is 0 Å². The van der Waals surface area contributed by atoms with Crippen molar-refractivity contribution in [2.24, 2.45) is 0 Å². The number of hydrogen-bond acceptors (Lipinski definition) is 2. The van der Waals surface area contributed by atoms with Gasteiger partial charge in [0.1, 0.15) is 11.2 Å². The Balaban J connectivity index is 2.18. The number of allylic oxidation sites excluding steroid dienone is 3. The van der Waals surface area contributed by atoms with E-state index in [0.29, 0.717) is 27.0 Å². The molecule has 0 aliphatic heterocycles. The van der Waals surface area contributed by atoms with Crippen LogP contribution in [0.25, 0.3) is 28.0 Å². The zero-order chi connectivity index (χ0) is 14.8. The van der Waals surface area contributed by atoms with Crippen molar-refractivity contribution in [2.45, 2.75) is 6.92 Å². The van der Waals surface area contributed by atoms with Crippen molar-refractivity contribution in [3.63, 3.8) is 0 Å². The van der Waals surface area contributed by atoms with Crippen LogP contribution in [-0.4, -0.2) is 0 Å². The molecule has 1 heterocycles. The molecule has 0 saturated carbocycles. The van der Waals surface area contributed by atoms with E-state index < -0.39 is 0 Å².